The molecular weight excluding hydrogens is 264 g/mol. The van der Waals surface area contributed by atoms with E-state index in [1.54, 1.807) is 12.1 Å². The fourth-order valence-corrected chi connectivity index (χ4v) is 4.27. The molecule has 2 saturated heterocycles. The Morgan fingerprint density at radius 3 is 3.05 bits per heavy atom. The quantitative estimate of drug-likeness (QED) is 0.861. The first-order valence-electron chi connectivity index (χ1n) is 8.18. The average molecular weight is 288 g/mol. The SMILES string of the molecule is CC1CN2CCCCC2CN1C1COc2cc(O)ccc21. The molecule has 3 atom stereocenters. The molecule has 21 heavy (non-hydrogen) atoms. The molecule has 0 aliphatic carbocycles. The van der Waals surface area contributed by atoms with Gasteiger partial charge >= 0.3 is 0 Å². The molecule has 0 amide bonds. The van der Waals surface area contributed by atoms with Crippen LogP contribution in [0, 0.1) is 0 Å². The molecule has 3 aliphatic rings. The molecule has 0 bridgehead atoms. The summed E-state index contributed by atoms with van der Waals surface area (Å²) in [5, 5.41) is 9.60. The summed E-state index contributed by atoms with van der Waals surface area (Å²) in [7, 11) is 0. The van der Waals surface area contributed by atoms with E-state index >= 15 is 0 Å². The molecule has 1 aromatic carbocycles. The van der Waals surface area contributed by atoms with Crippen molar-refractivity contribution in [1.82, 2.24) is 9.80 Å². The summed E-state index contributed by atoms with van der Waals surface area (Å²) < 4.78 is 5.81. The lowest BCUT2D eigenvalue weighted by molar-refractivity contribution is -0.0123. The predicted molar refractivity (Wildman–Crippen MR) is 81.7 cm³/mol. The first-order valence-corrected chi connectivity index (χ1v) is 8.18. The number of hydrogen-bond acceptors (Lipinski definition) is 4. The summed E-state index contributed by atoms with van der Waals surface area (Å²) in [5.74, 6) is 1.15. The second kappa shape index (κ2) is 5.18. The molecule has 4 heteroatoms. The van der Waals surface area contributed by atoms with Gasteiger partial charge in [0.1, 0.15) is 18.1 Å². The Hall–Kier alpha value is -1.26. The Kier molecular flexibility index (Phi) is 3.31. The zero-order valence-corrected chi connectivity index (χ0v) is 12.7. The maximum Gasteiger partial charge on any atom is 0.127 e. The lowest BCUT2D eigenvalue weighted by Gasteiger charge is -2.49. The van der Waals surface area contributed by atoms with Crippen molar-refractivity contribution >= 4 is 0 Å². The molecule has 1 aromatic rings. The van der Waals surface area contributed by atoms with E-state index in [0.717, 1.165) is 24.9 Å². The van der Waals surface area contributed by atoms with Crippen molar-refractivity contribution in [3.8, 4) is 11.5 Å². The number of rotatable bonds is 1. The monoisotopic (exact) mass is 288 g/mol. The van der Waals surface area contributed by atoms with Gasteiger partial charge in [-0.3, -0.25) is 9.80 Å². The van der Waals surface area contributed by atoms with Crippen molar-refractivity contribution < 1.29 is 9.84 Å². The molecule has 4 nitrogen and oxygen atoms in total. The van der Waals surface area contributed by atoms with Crippen molar-refractivity contribution in [2.24, 2.45) is 0 Å². The van der Waals surface area contributed by atoms with Crippen LogP contribution in [0.5, 0.6) is 11.5 Å². The van der Waals surface area contributed by atoms with Gasteiger partial charge in [-0.05, 0) is 38.4 Å². The zero-order chi connectivity index (χ0) is 14.4. The Bertz CT molecular complexity index is 534. The van der Waals surface area contributed by atoms with Crippen molar-refractivity contribution in [2.45, 2.75) is 44.3 Å². The van der Waals surface area contributed by atoms with Crippen LogP contribution in [0.3, 0.4) is 0 Å². The van der Waals surface area contributed by atoms with Gasteiger partial charge in [0.05, 0.1) is 6.04 Å². The van der Waals surface area contributed by atoms with Gasteiger partial charge in [0.25, 0.3) is 0 Å². The molecule has 3 unspecified atom stereocenters. The van der Waals surface area contributed by atoms with Crippen LogP contribution in [0.15, 0.2) is 18.2 Å². The number of hydrogen-bond donors (Lipinski definition) is 1. The third-order valence-corrected chi connectivity index (χ3v) is 5.39. The van der Waals surface area contributed by atoms with E-state index in [2.05, 4.69) is 16.7 Å². The summed E-state index contributed by atoms with van der Waals surface area (Å²) in [5.41, 5.74) is 1.24. The first-order chi connectivity index (χ1) is 10.2. The van der Waals surface area contributed by atoms with Crippen LogP contribution < -0.4 is 4.74 Å². The summed E-state index contributed by atoms with van der Waals surface area (Å²) in [4.78, 5) is 5.30. The van der Waals surface area contributed by atoms with E-state index < -0.39 is 0 Å². The minimum Gasteiger partial charge on any atom is -0.508 e. The maximum absolute atomic E-state index is 9.60. The molecule has 1 N–H and O–H groups in total. The fourth-order valence-electron chi connectivity index (χ4n) is 4.27. The predicted octanol–water partition coefficient (Wildman–Crippen LogP) is 2.38. The number of piperazine rings is 1. The van der Waals surface area contributed by atoms with Crippen LogP contribution in [0.2, 0.25) is 0 Å². The largest absolute Gasteiger partial charge is 0.508 e. The molecule has 2 fully saturated rings. The van der Waals surface area contributed by atoms with Gasteiger partial charge in [0.15, 0.2) is 0 Å². The lowest BCUT2D eigenvalue weighted by Crippen LogP contribution is -2.59. The first kappa shape index (κ1) is 13.4. The molecule has 3 heterocycles. The summed E-state index contributed by atoms with van der Waals surface area (Å²) >= 11 is 0. The highest BCUT2D eigenvalue weighted by atomic mass is 16.5. The fraction of sp³-hybridized carbons (Fsp3) is 0.647. The van der Waals surface area contributed by atoms with Gasteiger partial charge in [-0.15, -0.1) is 0 Å². The molecular formula is C17H24N2O2. The molecule has 114 valence electrons. The van der Waals surface area contributed by atoms with E-state index in [4.69, 9.17) is 4.74 Å². The molecule has 0 saturated carbocycles. The van der Waals surface area contributed by atoms with Crippen molar-refractivity contribution in [2.75, 3.05) is 26.2 Å². The summed E-state index contributed by atoms with van der Waals surface area (Å²) in [6.07, 6.45) is 4.06. The van der Waals surface area contributed by atoms with Gasteiger partial charge < -0.3 is 9.84 Å². The second-order valence-electron chi connectivity index (χ2n) is 6.74. The third-order valence-electron chi connectivity index (χ3n) is 5.39. The Morgan fingerprint density at radius 1 is 1.24 bits per heavy atom. The van der Waals surface area contributed by atoms with Gasteiger partial charge in [-0.2, -0.15) is 0 Å². The lowest BCUT2D eigenvalue weighted by atomic mass is 9.94. The van der Waals surface area contributed by atoms with Gasteiger partial charge in [-0.25, -0.2) is 0 Å². The van der Waals surface area contributed by atoms with E-state index in [-0.39, 0.29) is 0 Å². The number of fused-ring (bicyclic) bond motifs is 2. The number of benzene rings is 1. The molecule has 0 radical (unpaired) electrons. The third kappa shape index (κ3) is 2.30. The zero-order valence-electron chi connectivity index (χ0n) is 12.7. The molecule has 0 spiro atoms. The van der Waals surface area contributed by atoms with Crippen LogP contribution in [-0.2, 0) is 0 Å². The van der Waals surface area contributed by atoms with E-state index in [1.165, 1.54) is 37.9 Å². The number of ether oxygens (including phenoxy) is 1. The van der Waals surface area contributed by atoms with Gasteiger partial charge in [-0.1, -0.05) is 6.42 Å². The van der Waals surface area contributed by atoms with Crippen LogP contribution in [0.25, 0.3) is 0 Å². The smallest absolute Gasteiger partial charge is 0.127 e. The topological polar surface area (TPSA) is 35.9 Å². The number of nitrogens with zero attached hydrogens (tertiary/aromatic N) is 2. The Morgan fingerprint density at radius 2 is 2.14 bits per heavy atom. The summed E-state index contributed by atoms with van der Waals surface area (Å²) in [6, 6.07) is 7.18. The van der Waals surface area contributed by atoms with E-state index in [0.29, 0.717) is 17.8 Å². The number of phenolic OH excluding ortho intramolecular Hbond substituents is 1. The van der Waals surface area contributed by atoms with Gasteiger partial charge in [0.2, 0.25) is 0 Å². The van der Waals surface area contributed by atoms with Crippen LogP contribution in [0.4, 0.5) is 0 Å². The Labute approximate surface area is 126 Å². The Balaban J connectivity index is 1.57. The second-order valence-corrected chi connectivity index (χ2v) is 6.74. The highest BCUT2D eigenvalue weighted by Crippen LogP contribution is 2.40. The van der Waals surface area contributed by atoms with E-state index in [1.807, 2.05) is 6.07 Å². The number of piperidine rings is 1. The van der Waals surface area contributed by atoms with Crippen molar-refractivity contribution in [3.63, 3.8) is 0 Å². The number of aromatic hydroxyl groups is 1. The maximum atomic E-state index is 9.60. The van der Waals surface area contributed by atoms with Crippen LogP contribution >= 0.6 is 0 Å². The van der Waals surface area contributed by atoms with Gasteiger partial charge in [0, 0.05) is 36.8 Å². The van der Waals surface area contributed by atoms with E-state index in [9.17, 15) is 5.11 Å². The highest BCUT2D eigenvalue weighted by molar-refractivity contribution is 5.44. The average Bonchev–Trinajstić information content (AvgIpc) is 2.89. The highest BCUT2D eigenvalue weighted by Gasteiger charge is 2.39. The van der Waals surface area contributed by atoms with Crippen LogP contribution in [-0.4, -0.2) is 53.2 Å². The molecule has 4 rings (SSSR count). The normalized spacial score (nSPS) is 33.3. The number of phenols is 1. The minimum atomic E-state index is 0.291. The minimum absolute atomic E-state index is 0.291. The van der Waals surface area contributed by atoms with Crippen molar-refractivity contribution in [1.29, 1.82) is 0 Å². The summed E-state index contributed by atoms with van der Waals surface area (Å²) in [6.45, 7) is 6.65. The van der Waals surface area contributed by atoms with Crippen molar-refractivity contribution in [3.05, 3.63) is 23.8 Å². The molecule has 0 aromatic heterocycles. The standard InChI is InChI=1S/C17H24N2O2/c1-12-9-18-7-3-2-4-13(18)10-19(12)16-11-21-17-8-14(20)5-6-15(16)17/h5-6,8,12-13,16,20H,2-4,7,9-11H2,1H3. The van der Waals surface area contributed by atoms with Crippen LogP contribution in [0.1, 0.15) is 37.8 Å². The molecule has 3 aliphatic heterocycles.